The van der Waals surface area contributed by atoms with Crippen molar-refractivity contribution in [3.05, 3.63) is 180 Å². The van der Waals surface area contributed by atoms with Crippen molar-refractivity contribution in [2.75, 3.05) is 0 Å². The van der Waals surface area contributed by atoms with Crippen LogP contribution >= 0.6 is 22.7 Å². The van der Waals surface area contributed by atoms with Crippen molar-refractivity contribution in [2.24, 2.45) is 4.99 Å². The fraction of sp³-hybridized carbons (Fsp3) is 0.0408. The Morgan fingerprint density at radius 2 is 1.25 bits per heavy atom. The zero-order valence-corrected chi connectivity index (χ0v) is 31.0. The molecule has 0 saturated carbocycles. The molecule has 0 aliphatic carbocycles. The Hall–Kier alpha value is -6.31. The number of hydrogen-bond donors (Lipinski definition) is 2. The lowest BCUT2D eigenvalue weighted by atomic mass is 9.94. The maximum absolute atomic E-state index is 6.68. The predicted octanol–water partition coefficient (Wildman–Crippen LogP) is 13.5. The largest absolute Gasteiger partial charge is 0.455 e. The second-order valence-corrected chi connectivity index (χ2v) is 16.4. The molecule has 0 amide bonds. The van der Waals surface area contributed by atoms with Gasteiger partial charge in [0.05, 0.1) is 0 Å². The summed E-state index contributed by atoms with van der Waals surface area (Å²) in [5.74, 6) is 0.875. The van der Waals surface area contributed by atoms with Crippen molar-refractivity contribution in [3.63, 3.8) is 0 Å². The van der Waals surface area contributed by atoms with Gasteiger partial charge in [-0.15, -0.1) is 22.7 Å². The number of para-hydroxylation sites is 1. The van der Waals surface area contributed by atoms with Gasteiger partial charge in [0.25, 0.3) is 0 Å². The third kappa shape index (κ3) is 4.82. The lowest BCUT2D eigenvalue weighted by molar-refractivity contribution is 0.411. The standard InChI is InChI=1S/C49H31N3OS2/c1-3-14-29(15-4-1)47-50-48(30-16-5-2-6-17-30)52-49(51-47)38-25-31(26-41-42(38)35-24-23-28-13-7-8-18-32(28)45(35)55-41)36-27-37-33-19-9-11-21-39(33)53-44(37)43-34-20-10-12-22-40(34)54-46(36)43/h1-27,47,49,51H,(H,50,52). The number of furan rings is 1. The highest BCUT2D eigenvalue weighted by atomic mass is 32.1. The second kappa shape index (κ2) is 12.1. The van der Waals surface area contributed by atoms with Crippen LogP contribution in [0.5, 0.6) is 0 Å². The maximum Gasteiger partial charge on any atom is 0.144 e. The molecular weight excluding hydrogens is 711 g/mol. The highest BCUT2D eigenvalue weighted by Gasteiger charge is 2.29. The van der Waals surface area contributed by atoms with Gasteiger partial charge in [-0.3, -0.25) is 5.32 Å². The van der Waals surface area contributed by atoms with Gasteiger partial charge >= 0.3 is 0 Å². The van der Waals surface area contributed by atoms with E-state index in [-0.39, 0.29) is 12.3 Å². The van der Waals surface area contributed by atoms with Crippen LogP contribution in [0.3, 0.4) is 0 Å². The minimum atomic E-state index is -0.241. The summed E-state index contributed by atoms with van der Waals surface area (Å²) in [7, 11) is 0. The van der Waals surface area contributed by atoms with Gasteiger partial charge < -0.3 is 9.73 Å². The molecule has 2 unspecified atom stereocenters. The summed E-state index contributed by atoms with van der Waals surface area (Å²) in [5.41, 5.74) is 7.66. The number of hydrogen-bond acceptors (Lipinski definition) is 6. The highest BCUT2D eigenvalue weighted by molar-refractivity contribution is 7.27. The molecule has 2 atom stereocenters. The van der Waals surface area contributed by atoms with Crippen LogP contribution in [0.25, 0.3) is 84.2 Å². The zero-order valence-electron chi connectivity index (χ0n) is 29.4. The van der Waals surface area contributed by atoms with Crippen LogP contribution in [0, 0.1) is 0 Å². The monoisotopic (exact) mass is 741 g/mol. The number of amidine groups is 1. The SMILES string of the molecule is c1ccc(C2=NC(c3ccccc3)NC(c3cc(-c4cc5c6ccccc6oc5c5c4sc4ccccc45)cc4sc5c6ccccc6ccc5c34)N2)cc1. The Kier molecular flexibility index (Phi) is 6.84. The van der Waals surface area contributed by atoms with E-state index in [0.29, 0.717) is 0 Å². The number of nitrogens with zero attached hydrogens (tertiary/aromatic N) is 1. The summed E-state index contributed by atoms with van der Waals surface area (Å²) in [6, 6.07) is 58.8. The van der Waals surface area contributed by atoms with Crippen molar-refractivity contribution in [2.45, 2.75) is 12.3 Å². The fourth-order valence-electron chi connectivity index (χ4n) is 8.60. The van der Waals surface area contributed by atoms with Gasteiger partial charge in [-0.2, -0.15) is 0 Å². The molecule has 0 spiro atoms. The minimum Gasteiger partial charge on any atom is -0.455 e. The van der Waals surface area contributed by atoms with E-state index < -0.39 is 0 Å². The average molecular weight is 742 g/mol. The third-order valence-corrected chi connectivity index (χ3v) is 13.5. The van der Waals surface area contributed by atoms with Gasteiger partial charge in [0.15, 0.2) is 0 Å². The number of nitrogens with one attached hydrogen (secondary N) is 2. The molecule has 2 N–H and O–H groups in total. The van der Waals surface area contributed by atoms with Gasteiger partial charge in [-0.1, -0.05) is 133 Å². The van der Waals surface area contributed by atoms with Crippen LogP contribution in [0.2, 0.25) is 0 Å². The van der Waals surface area contributed by atoms with Crippen LogP contribution in [0.15, 0.2) is 173 Å². The van der Waals surface area contributed by atoms with Crippen molar-refractivity contribution in [3.8, 4) is 11.1 Å². The Bertz CT molecular complexity index is 3340. The van der Waals surface area contributed by atoms with Gasteiger partial charge in [0, 0.05) is 62.2 Å². The molecule has 0 radical (unpaired) electrons. The molecule has 12 rings (SSSR count). The number of thiophene rings is 2. The molecule has 11 aromatic rings. The second-order valence-electron chi connectivity index (χ2n) is 14.3. The van der Waals surface area contributed by atoms with Crippen LogP contribution in [-0.2, 0) is 0 Å². The number of rotatable bonds is 4. The minimum absolute atomic E-state index is 0.235. The number of fused-ring (bicyclic) bond motifs is 12. The molecule has 0 saturated heterocycles. The van der Waals surface area contributed by atoms with Gasteiger partial charge in [0.1, 0.15) is 29.3 Å². The van der Waals surface area contributed by atoms with E-state index in [1.165, 1.54) is 67.8 Å². The average Bonchev–Trinajstić information content (AvgIpc) is 3.95. The molecule has 1 aliphatic heterocycles. The Morgan fingerprint density at radius 1 is 0.527 bits per heavy atom. The van der Waals surface area contributed by atoms with Crippen molar-refractivity contribution in [1.29, 1.82) is 0 Å². The molecule has 4 nitrogen and oxygen atoms in total. The lowest BCUT2D eigenvalue weighted by Gasteiger charge is -2.33. The highest BCUT2D eigenvalue weighted by Crippen LogP contribution is 2.49. The first-order valence-electron chi connectivity index (χ1n) is 18.6. The topological polar surface area (TPSA) is 49.6 Å². The normalized spacial score (nSPS) is 16.2. The Labute approximate surface area is 324 Å². The summed E-state index contributed by atoms with van der Waals surface area (Å²) < 4.78 is 11.7. The van der Waals surface area contributed by atoms with E-state index in [0.717, 1.165) is 38.9 Å². The molecule has 3 aromatic heterocycles. The number of benzene rings is 8. The van der Waals surface area contributed by atoms with Gasteiger partial charge in [0.2, 0.25) is 0 Å². The van der Waals surface area contributed by atoms with Crippen LogP contribution in [0.4, 0.5) is 0 Å². The summed E-state index contributed by atoms with van der Waals surface area (Å²) in [4.78, 5) is 5.26. The first kappa shape index (κ1) is 31.1. The molecule has 4 heterocycles. The van der Waals surface area contributed by atoms with E-state index in [9.17, 15) is 0 Å². The Balaban J connectivity index is 1.17. The molecular formula is C49H31N3OS2. The van der Waals surface area contributed by atoms with E-state index in [1.54, 1.807) is 0 Å². The molecule has 260 valence electrons. The van der Waals surface area contributed by atoms with E-state index in [2.05, 4.69) is 174 Å². The van der Waals surface area contributed by atoms with Crippen LogP contribution in [-0.4, -0.2) is 5.84 Å². The quantitative estimate of drug-likeness (QED) is 0.189. The van der Waals surface area contributed by atoms with Crippen molar-refractivity contribution >= 4 is 102 Å². The number of aliphatic imine (C=N–C) groups is 1. The summed E-state index contributed by atoms with van der Waals surface area (Å²) in [6.45, 7) is 0. The molecule has 8 aromatic carbocycles. The van der Waals surface area contributed by atoms with E-state index in [4.69, 9.17) is 9.41 Å². The Morgan fingerprint density at radius 3 is 2.13 bits per heavy atom. The zero-order chi connectivity index (χ0) is 36.0. The molecule has 1 aliphatic rings. The summed E-state index contributed by atoms with van der Waals surface area (Å²) in [5, 5.41) is 17.6. The maximum atomic E-state index is 6.68. The first-order valence-corrected chi connectivity index (χ1v) is 20.2. The first-order chi connectivity index (χ1) is 27.2. The van der Waals surface area contributed by atoms with E-state index >= 15 is 0 Å². The van der Waals surface area contributed by atoms with E-state index in [1.807, 2.05) is 22.7 Å². The van der Waals surface area contributed by atoms with Gasteiger partial charge in [-0.25, -0.2) is 4.99 Å². The summed E-state index contributed by atoms with van der Waals surface area (Å²) in [6.07, 6.45) is -0.476. The predicted molar refractivity (Wildman–Crippen MR) is 234 cm³/mol. The smallest absolute Gasteiger partial charge is 0.144 e. The molecule has 6 heteroatoms. The van der Waals surface area contributed by atoms with Gasteiger partial charge in [-0.05, 0) is 57.8 Å². The lowest BCUT2D eigenvalue weighted by Crippen LogP contribution is -2.45. The summed E-state index contributed by atoms with van der Waals surface area (Å²) >= 11 is 3.74. The van der Waals surface area contributed by atoms with Crippen LogP contribution < -0.4 is 10.6 Å². The fourth-order valence-corrected chi connectivity index (χ4v) is 11.1. The third-order valence-electron chi connectivity index (χ3n) is 11.1. The molecule has 0 fully saturated rings. The van der Waals surface area contributed by atoms with Crippen molar-refractivity contribution in [1.82, 2.24) is 10.6 Å². The molecule has 55 heavy (non-hydrogen) atoms. The van der Waals surface area contributed by atoms with Crippen LogP contribution in [0.1, 0.15) is 29.0 Å². The van der Waals surface area contributed by atoms with Crippen molar-refractivity contribution < 1.29 is 4.42 Å². The molecule has 0 bridgehead atoms.